The van der Waals surface area contributed by atoms with Crippen molar-refractivity contribution in [3.63, 3.8) is 0 Å². The molecule has 0 aromatic carbocycles. The van der Waals surface area contributed by atoms with E-state index in [-0.39, 0.29) is 5.91 Å². The second kappa shape index (κ2) is 6.03. The third kappa shape index (κ3) is 3.15. The predicted molar refractivity (Wildman–Crippen MR) is 83.9 cm³/mol. The number of halogens is 2. The molecule has 3 heterocycles. The summed E-state index contributed by atoms with van der Waals surface area (Å²) in [7, 11) is 0. The average Bonchev–Trinajstić information content (AvgIpc) is 3.13. The average molecular weight is 340 g/mol. The second-order valence-corrected chi connectivity index (χ2v) is 6.97. The van der Waals surface area contributed by atoms with Crippen molar-refractivity contribution in [1.82, 2.24) is 10.1 Å². The van der Waals surface area contributed by atoms with Crippen LogP contribution >= 0.6 is 11.3 Å². The Hall–Kier alpha value is -1.76. The standard InChI is InChI=1S/C16H18F2N2O2S/c1-10-13(19-22-14(10)16(2,17)18)11-6-7-12(23-11)15(21)20-8-4-3-5-9-20/h6-7H,3-5,8-9H2,1-2H3. The largest absolute Gasteiger partial charge is 0.354 e. The number of amides is 1. The van der Waals surface area contributed by atoms with Gasteiger partial charge in [-0.15, -0.1) is 11.3 Å². The summed E-state index contributed by atoms with van der Waals surface area (Å²) < 4.78 is 31.7. The number of alkyl halides is 2. The molecule has 2 aromatic heterocycles. The lowest BCUT2D eigenvalue weighted by Gasteiger charge is -2.26. The third-order valence-electron chi connectivity index (χ3n) is 4.02. The Morgan fingerprint density at radius 3 is 2.61 bits per heavy atom. The summed E-state index contributed by atoms with van der Waals surface area (Å²) in [5.41, 5.74) is 0.695. The zero-order chi connectivity index (χ0) is 16.6. The number of rotatable bonds is 3. The summed E-state index contributed by atoms with van der Waals surface area (Å²) in [4.78, 5) is 15.6. The highest BCUT2D eigenvalue weighted by molar-refractivity contribution is 7.17. The van der Waals surface area contributed by atoms with Gasteiger partial charge in [-0.1, -0.05) is 5.16 Å². The van der Waals surface area contributed by atoms with Gasteiger partial charge in [0.2, 0.25) is 5.76 Å². The molecule has 4 nitrogen and oxygen atoms in total. The fraction of sp³-hybridized carbons (Fsp3) is 0.500. The summed E-state index contributed by atoms with van der Waals surface area (Å²) in [6.45, 7) is 3.90. The molecule has 1 fully saturated rings. The fourth-order valence-corrected chi connectivity index (χ4v) is 3.82. The van der Waals surface area contributed by atoms with Crippen molar-refractivity contribution in [1.29, 1.82) is 0 Å². The zero-order valence-electron chi connectivity index (χ0n) is 13.1. The topological polar surface area (TPSA) is 46.3 Å². The summed E-state index contributed by atoms with van der Waals surface area (Å²) >= 11 is 1.27. The van der Waals surface area contributed by atoms with Crippen molar-refractivity contribution in [2.24, 2.45) is 0 Å². The van der Waals surface area contributed by atoms with E-state index in [1.165, 1.54) is 11.3 Å². The first kappa shape index (κ1) is 16.1. The summed E-state index contributed by atoms with van der Waals surface area (Å²) in [6.07, 6.45) is 3.22. The predicted octanol–water partition coefficient (Wildman–Crippen LogP) is 4.45. The second-order valence-electron chi connectivity index (χ2n) is 5.89. The Balaban J connectivity index is 1.85. The van der Waals surface area contributed by atoms with Crippen LogP contribution in [0.25, 0.3) is 10.6 Å². The molecule has 0 spiro atoms. The monoisotopic (exact) mass is 340 g/mol. The molecule has 0 bridgehead atoms. The lowest BCUT2D eigenvalue weighted by molar-refractivity contribution is -0.0112. The van der Waals surface area contributed by atoms with E-state index in [1.807, 2.05) is 4.90 Å². The van der Waals surface area contributed by atoms with Gasteiger partial charge in [0.15, 0.2) is 0 Å². The molecule has 1 aliphatic heterocycles. The van der Waals surface area contributed by atoms with E-state index >= 15 is 0 Å². The van der Waals surface area contributed by atoms with Crippen molar-refractivity contribution in [2.75, 3.05) is 13.1 Å². The van der Waals surface area contributed by atoms with E-state index in [0.29, 0.717) is 21.0 Å². The molecule has 0 unspecified atom stereocenters. The molecular formula is C16H18F2N2O2S. The van der Waals surface area contributed by atoms with Crippen LogP contribution in [-0.2, 0) is 5.92 Å². The minimum atomic E-state index is -3.07. The molecule has 23 heavy (non-hydrogen) atoms. The van der Waals surface area contributed by atoms with Gasteiger partial charge < -0.3 is 9.42 Å². The highest BCUT2D eigenvalue weighted by Crippen LogP contribution is 2.37. The Labute approximate surface area is 137 Å². The highest BCUT2D eigenvalue weighted by atomic mass is 32.1. The van der Waals surface area contributed by atoms with E-state index in [0.717, 1.165) is 39.3 Å². The van der Waals surface area contributed by atoms with E-state index < -0.39 is 11.7 Å². The van der Waals surface area contributed by atoms with Crippen LogP contribution in [0, 0.1) is 6.92 Å². The molecule has 2 aromatic rings. The van der Waals surface area contributed by atoms with Gasteiger partial charge in [-0.3, -0.25) is 4.79 Å². The van der Waals surface area contributed by atoms with Crippen LogP contribution in [0.3, 0.4) is 0 Å². The molecule has 3 rings (SSSR count). The zero-order valence-corrected chi connectivity index (χ0v) is 13.9. The molecule has 0 saturated carbocycles. The van der Waals surface area contributed by atoms with Gasteiger partial charge in [0.25, 0.3) is 5.91 Å². The number of piperidine rings is 1. The molecule has 1 saturated heterocycles. The van der Waals surface area contributed by atoms with Crippen LogP contribution in [0.15, 0.2) is 16.7 Å². The smallest absolute Gasteiger partial charge is 0.304 e. The number of carbonyl (C=O) groups is 1. The number of hydrogen-bond donors (Lipinski definition) is 0. The first-order valence-corrected chi connectivity index (χ1v) is 8.43. The van der Waals surface area contributed by atoms with Crippen molar-refractivity contribution in [3.8, 4) is 10.6 Å². The Morgan fingerprint density at radius 1 is 1.30 bits per heavy atom. The van der Waals surface area contributed by atoms with Crippen molar-refractivity contribution in [2.45, 2.75) is 39.0 Å². The summed E-state index contributed by atoms with van der Waals surface area (Å²) in [6, 6.07) is 3.47. The quantitative estimate of drug-likeness (QED) is 0.829. The van der Waals surface area contributed by atoms with Crippen molar-refractivity contribution >= 4 is 17.2 Å². The first-order valence-electron chi connectivity index (χ1n) is 7.62. The number of carbonyl (C=O) groups excluding carboxylic acids is 1. The number of hydrogen-bond acceptors (Lipinski definition) is 4. The lowest BCUT2D eigenvalue weighted by Crippen LogP contribution is -2.35. The first-order chi connectivity index (χ1) is 10.9. The van der Waals surface area contributed by atoms with Crippen LogP contribution in [0.2, 0.25) is 0 Å². The van der Waals surface area contributed by atoms with Crippen LogP contribution in [0.4, 0.5) is 8.78 Å². The van der Waals surface area contributed by atoms with Crippen LogP contribution in [0.5, 0.6) is 0 Å². The van der Waals surface area contributed by atoms with Gasteiger partial charge in [-0.2, -0.15) is 8.78 Å². The summed E-state index contributed by atoms with van der Waals surface area (Å²) in [5.74, 6) is -3.49. The molecule has 7 heteroatoms. The van der Waals surface area contributed by atoms with Gasteiger partial charge in [0.1, 0.15) is 5.69 Å². The molecule has 0 radical (unpaired) electrons. The normalized spacial score (nSPS) is 15.9. The maximum Gasteiger partial charge on any atom is 0.304 e. The van der Waals surface area contributed by atoms with Gasteiger partial charge in [0, 0.05) is 25.6 Å². The maximum atomic E-state index is 13.4. The van der Waals surface area contributed by atoms with Crippen molar-refractivity contribution in [3.05, 3.63) is 28.3 Å². The number of likely N-dealkylation sites (tertiary alicyclic amines) is 1. The lowest BCUT2D eigenvalue weighted by atomic mass is 10.1. The summed E-state index contributed by atoms with van der Waals surface area (Å²) in [5, 5.41) is 3.77. The highest BCUT2D eigenvalue weighted by Gasteiger charge is 2.34. The van der Waals surface area contributed by atoms with Gasteiger partial charge in [-0.25, -0.2) is 0 Å². The molecule has 1 aliphatic rings. The number of nitrogens with zero attached hydrogens (tertiary/aromatic N) is 2. The van der Waals surface area contributed by atoms with E-state index in [9.17, 15) is 13.6 Å². The SMILES string of the molecule is Cc1c(-c2ccc(C(=O)N3CCCCC3)s2)noc1C(C)(F)F. The minimum absolute atomic E-state index is 0.00291. The van der Waals surface area contributed by atoms with E-state index in [4.69, 9.17) is 4.52 Å². The number of aromatic nitrogens is 1. The van der Waals surface area contributed by atoms with E-state index in [1.54, 1.807) is 19.1 Å². The molecule has 0 aliphatic carbocycles. The maximum absolute atomic E-state index is 13.4. The van der Waals surface area contributed by atoms with Crippen LogP contribution in [0.1, 0.15) is 47.2 Å². The fourth-order valence-electron chi connectivity index (χ4n) is 2.81. The van der Waals surface area contributed by atoms with E-state index in [2.05, 4.69) is 5.16 Å². The van der Waals surface area contributed by atoms with Crippen LogP contribution < -0.4 is 0 Å². The minimum Gasteiger partial charge on any atom is -0.354 e. The third-order valence-corrected chi connectivity index (χ3v) is 5.10. The molecule has 0 N–H and O–H groups in total. The molecule has 0 atom stereocenters. The molecule has 124 valence electrons. The molecule has 1 amide bonds. The Bertz CT molecular complexity index is 712. The number of thiophene rings is 1. The van der Waals surface area contributed by atoms with Gasteiger partial charge >= 0.3 is 5.92 Å². The van der Waals surface area contributed by atoms with Gasteiger partial charge in [0.05, 0.1) is 9.75 Å². The Morgan fingerprint density at radius 2 is 2.00 bits per heavy atom. The molecular weight excluding hydrogens is 322 g/mol. The van der Waals surface area contributed by atoms with Crippen LogP contribution in [-0.4, -0.2) is 29.1 Å². The van der Waals surface area contributed by atoms with Crippen molar-refractivity contribution < 1.29 is 18.1 Å². The van der Waals surface area contributed by atoms with Gasteiger partial charge in [-0.05, 0) is 38.3 Å². The Kier molecular flexibility index (Phi) is 4.23.